The van der Waals surface area contributed by atoms with Crippen LogP contribution in [0.4, 0.5) is 0 Å². The molecule has 0 radical (unpaired) electrons. The van der Waals surface area contributed by atoms with E-state index in [-0.39, 0.29) is 4.90 Å². The smallest absolute Gasteiger partial charge is 0.294 e. The molecular weight excluding hydrogens is 306 g/mol. The van der Waals surface area contributed by atoms with Crippen molar-refractivity contribution in [3.8, 4) is 17.3 Å². The van der Waals surface area contributed by atoms with Crippen molar-refractivity contribution in [3.63, 3.8) is 0 Å². The average Bonchev–Trinajstić information content (AvgIpc) is 3.02. The zero-order valence-corrected chi connectivity index (χ0v) is 12.0. The van der Waals surface area contributed by atoms with E-state index < -0.39 is 10.1 Å². The van der Waals surface area contributed by atoms with Crippen LogP contribution in [0, 0.1) is 0 Å². The van der Waals surface area contributed by atoms with E-state index in [1.165, 1.54) is 24.3 Å². The molecular formula is C14H11N3O4S. The summed E-state index contributed by atoms with van der Waals surface area (Å²) in [6.45, 7) is 0. The zero-order valence-electron chi connectivity index (χ0n) is 11.2. The van der Waals surface area contributed by atoms with Gasteiger partial charge in [-0.3, -0.25) is 9.12 Å². The van der Waals surface area contributed by atoms with E-state index in [9.17, 15) is 8.42 Å². The lowest BCUT2D eigenvalue weighted by atomic mass is 10.3. The van der Waals surface area contributed by atoms with Gasteiger partial charge in [-0.2, -0.15) is 8.42 Å². The third-order valence-electron chi connectivity index (χ3n) is 2.85. The predicted molar refractivity (Wildman–Crippen MR) is 77.7 cm³/mol. The standard InChI is InChI=1S/C14H11N3O4S/c18-22(19,20)13-4-1-11(2-5-13)21-12-3-6-14(16-9-12)17-8-7-15-10-17/h1-10H,(H,18,19,20). The van der Waals surface area contributed by atoms with Gasteiger partial charge in [0.1, 0.15) is 23.6 Å². The molecule has 0 bridgehead atoms. The first-order valence-corrected chi connectivity index (χ1v) is 7.66. The van der Waals surface area contributed by atoms with Crippen LogP contribution in [0.2, 0.25) is 0 Å². The zero-order chi connectivity index (χ0) is 15.6. The molecule has 0 saturated carbocycles. The van der Waals surface area contributed by atoms with Gasteiger partial charge in [0, 0.05) is 12.4 Å². The number of imidazole rings is 1. The Morgan fingerprint density at radius 2 is 1.77 bits per heavy atom. The van der Waals surface area contributed by atoms with Crippen molar-refractivity contribution in [2.45, 2.75) is 4.90 Å². The van der Waals surface area contributed by atoms with Crippen molar-refractivity contribution in [1.82, 2.24) is 14.5 Å². The van der Waals surface area contributed by atoms with Crippen LogP contribution in [0.15, 0.2) is 66.2 Å². The van der Waals surface area contributed by atoms with Gasteiger partial charge in [0.25, 0.3) is 10.1 Å². The van der Waals surface area contributed by atoms with E-state index in [1.54, 1.807) is 41.6 Å². The van der Waals surface area contributed by atoms with Crippen LogP contribution in [0.25, 0.3) is 5.82 Å². The summed E-state index contributed by atoms with van der Waals surface area (Å²) in [5.74, 6) is 1.64. The molecule has 3 rings (SSSR count). The van der Waals surface area contributed by atoms with Crippen LogP contribution >= 0.6 is 0 Å². The monoisotopic (exact) mass is 317 g/mol. The minimum atomic E-state index is -4.20. The molecule has 7 nitrogen and oxygen atoms in total. The van der Waals surface area contributed by atoms with Gasteiger partial charge < -0.3 is 4.74 Å². The Hall–Kier alpha value is -2.71. The van der Waals surface area contributed by atoms with Gasteiger partial charge in [-0.05, 0) is 36.4 Å². The highest BCUT2D eigenvalue weighted by atomic mass is 32.2. The maximum Gasteiger partial charge on any atom is 0.294 e. The summed E-state index contributed by atoms with van der Waals surface area (Å²) >= 11 is 0. The van der Waals surface area contributed by atoms with E-state index in [2.05, 4.69) is 9.97 Å². The van der Waals surface area contributed by atoms with E-state index >= 15 is 0 Å². The SMILES string of the molecule is O=S(=O)(O)c1ccc(Oc2ccc(-n3ccnc3)nc2)cc1. The van der Waals surface area contributed by atoms with Crippen molar-refractivity contribution < 1.29 is 17.7 Å². The minimum Gasteiger partial charge on any atom is -0.456 e. The van der Waals surface area contributed by atoms with E-state index in [1.807, 2.05) is 0 Å². The van der Waals surface area contributed by atoms with Crippen LogP contribution in [-0.2, 0) is 10.1 Å². The van der Waals surface area contributed by atoms with Crippen LogP contribution in [0.3, 0.4) is 0 Å². The lowest BCUT2D eigenvalue weighted by Gasteiger charge is -2.07. The Kier molecular flexibility index (Phi) is 3.61. The topological polar surface area (TPSA) is 94.3 Å². The summed E-state index contributed by atoms with van der Waals surface area (Å²) < 4.78 is 38.1. The molecule has 0 aliphatic rings. The molecule has 0 aliphatic carbocycles. The Bertz CT molecular complexity index is 857. The molecule has 112 valence electrons. The van der Waals surface area contributed by atoms with Gasteiger partial charge in [-0.1, -0.05) is 0 Å². The fourth-order valence-corrected chi connectivity index (χ4v) is 2.28. The number of benzene rings is 1. The highest BCUT2D eigenvalue weighted by Gasteiger charge is 2.09. The lowest BCUT2D eigenvalue weighted by molar-refractivity contribution is 0.476. The fourth-order valence-electron chi connectivity index (χ4n) is 1.80. The third-order valence-corrected chi connectivity index (χ3v) is 3.71. The van der Waals surface area contributed by atoms with Gasteiger partial charge in [0.2, 0.25) is 0 Å². The molecule has 2 heterocycles. The summed E-state index contributed by atoms with van der Waals surface area (Å²) in [5, 5.41) is 0. The fraction of sp³-hybridized carbons (Fsp3) is 0. The molecule has 0 atom stereocenters. The molecule has 0 fully saturated rings. The van der Waals surface area contributed by atoms with Gasteiger partial charge in [0.15, 0.2) is 0 Å². The number of nitrogens with zero attached hydrogens (tertiary/aromatic N) is 3. The Morgan fingerprint density at radius 3 is 2.32 bits per heavy atom. The molecule has 0 aliphatic heterocycles. The summed E-state index contributed by atoms with van der Waals surface area (Å²) in [6, 6.07) is 8.93. The minimum absolute atomic E-state index is 0.187. The molecule has 0 spiro atoms. The second kappa shape index (κ2) is 5.58. The van der Waals surface area contributed by atoms with Gasteiger partial charge in [-0.15, -0.1) is 0 Å². The maximum atomic E-state index is 10.9. The third kappa shape index (κ3) is 3.13. The molecule has 1 N–H and O–H groups in total. The number of ether oxygens (including phenoxy) is 1. The number of hydrogen-bond donors (Lipinski definition) is 1. The van der Waals surface area contributed by atoms with Gasteiger partial charge in [0.05, 0.1) is 11.1 Å². The molecule has 8 heteroatoms. The average molecular weight is 317 g/mol. The molecule has 3 aromatic rings. The van der Waals surface area contributed by atoms with Crippen LogP contribution in [0.5, 0.6) is 11.5 Å². The second-order valence-corrected chi connectivity index (χ2v) is 5.79. The Morgan fingerprint density at radius 1 is 1.05 bits per heavy atom. The first-order valence-electron chi connectivity index (χ1n) is 6.22. The summed E-state index contributed by atoms with van der Waals surface area (Å²) in [7, 11) is -4.20. The molecule has 0 unspecified atom stereocenters. The van der Waals surface area contributed by atoms with E-state index in [0.717, 1.165) is 0 Å². The summed E-state index contributed by atoms with van der Waals surface area (Å²) in [5.41, 5.74) is 0. The number of rotatable bonds is 4. The first kappa shape index (κ1) is 14.2. The molecule has 0 amide bonds. The molecule has 2 aromatic heterocycles. The lowest BCUT2D eigenvalue weighted by Crippen LogP contribution is -1.97. The highest BCUT2D eigenvalue weighted by Crippen LogP contribution is 2.22. The van der Waals surface area contributed by atoms with Crippen molar-refractivity contribution in [3.05, 3.63) is 61.3 Å². The maximum absolute atomic E-state index is 10.9. The first-order chi connectivity index (χ1) is 10.5. The Balaban J connectivity index is 1.76. The number of pyridine rings is 1. The van der Waals surface area contributed by atoms with E-state index in [4.69, 9.17) is 9.29 Å². The normalized spacial score (nSPS) is 11.3. The number of hydrogen-bond acceptors (Lipinski definition) is 5. The van der Waals surface area contributed by atoms with Gasteiger partial charge >= 0.3 is 0 Å². The van der Waals surface area contributed by atoms with Crippen LogP contribution in [0.1, 0.15) is 0 Å². The van der Waals surface area contributed by atoms with Crippen molar-refractivity contribution in [2.24, 2.45) is 0 Å². The van der Waals surface area contributed by atoms with Gasteiger partial charge in [-0.25, -0.2) is 9.97 Å². The molecule has 0 saturated heterocycles. The highest BCUT2D eigenvalue weighted by molar-refractivity contribution is 7.85. The predicted octanol–water partition coefficient (Wildman–Crippen LogP) is 2.31. The van der Waals surface area contributed by atoms with Crippen molar-refractivity contribution >= 4 is 10.1 Å². The quantitative estimate of drug-likeness (QED) is 0.742. The summed E-state index contributed by atoms with van der Waals surface area (Å²) in [4.78, 5) is 7.99. The summed E-state index contributed by atoms with van der Waals surface area (Å²) in [6.07, 6.45) is 6.61. The molecule has 22 heavy (non-hydrogen) atoms. The van der Waals surface area contributed by atoms with Crippen LogP contribution in [-0.4, -0.2) is 27.5 Å². The van der Waals surface area contributed by atoms with E-state index in [0.29, 0.717) is 17.3 Å². The van der Waals surface area contributed by atoms with Crippen molar-refractivity contribution in [2.75, 3.05) is 0 Å². The number of aromatic nitrogens is 3. The Labute approximate surface area is 126 Å². The van der Waals surface area contributed by atoms with Crippen molar-refractivity contribution in [1.29, 1.82) is 0 Å². The van der Waals surface area contributed by atoms with Crippen LogP contribution < -0.4 is 4.74 Å². The second-order valence-electron chi connectivity index (χ2n) is 4.37. The molecule has 1 aromatic carbocycles. The largest absolute Gasteiger partial charge is 0.456 e.